The lowest BCUT2D eigenvalue weighted by atomic mass is 10.3. The second-order valence-corrected chi connectivity index (χ2v) is 6.78. The molecule has 0 aliphatic carbocycles. The molecule has 0 heterocycles. The first-order valence-electron chi connectivity index (χ1n) is 6.73. The van der Waals surface area contributed by atoms with Gasteiger partial charge in [0, 0.05) is 20.7 Å². The molecule has 1 N–H and O–H groups in total. The Morgan fingerprint density at radius 1 is 1.32 bits per heavy atom. The van der Waals surface area contributed by atoms with E-state index >= 15 is 0 Å². The van der Waals surface area contributed by atoms with Crippen molar-refractivity contribution in [3.8, 4) is 5.75 Å². The smallest absolute Gasteiger partial charge is 0.260 e. The van der Waals surface area contributed by atoms with E-state index in [4.69, 9.17) is 9.47 Å². The van der Waals surface area contributed by atoms with E-state index in [0.29, 0.717) is 24.6 Å². The zero-order valence-corrected chi connectivity index (χ0v) is 14.0. The number of benzene rings is 1. The summed E-state index contributed by atoms with van der Waals surface area (Å²) in [7, 11) is -0.275. The Morgan fingerprint density at radius 2 is 1.91 bits per heavy atom. The van der Waals surface area contributed by atoms with Crippen molar-refractivity contribution >= 4 is 21.6 Å². The third kappa shape index (κ3) is 5.53. The van der Waals surface area contributed by atoms with Gasteiger partial charge in [0.2, 0.25) is 10.0 Å². The van der Waals surface area contributed by atoms with Gasteiger partial charge >= 0.3 is 0 Å². The fourth-order valence-electron chi connectivity index (χ4n) is 1.60. The highest BCUT2D eigenvalue weighted by molar-refractivity contribution is 7.92. The minimum atomic E-state index is -3.30. The van der Waals surface area contributed by atoms with E-state index in [0.717, 1.165) is 10.6 Å². The highest BCUT2D eigenvalue weighted by atomic mass is 32.2. The summed E-state index contributed by atoms with van der Waals surface area (Å²) in [6.45, 7) is 2.49. The summed E-state index contributed by atoms with van der Waals surface area (Å²) in [5, 5.41) is 2.68. The van der Waals surface area contributed by atoms with Crippen LogP contribution >= 0.6 is 0 Å². The number of methoxy groups -OCH3 is 1. The highest BCUT2D eigenvalue weighted by Gasteiger charge is 2.15. The zero-order chi connectivity index (χ0) is 16.8. The van der Waals surface area contributed by atoms with Crippen molar-refractivity contribution in [3.05, 3.63) is 24.3 Å². The van der Waals surface area contributed by atoms with Gasteiger partial charge in [0.15, 0.2) is 6.10 Å². The van der Waals surface area contributed by atoms with Crippen LogP contribution in [0.3, 0.4) is 0 Å². The van der Waals surface area contributed by atoms with Crippen LogP contribution in [0.15, 0.2) is 24.3 Å². The van der Waals surface area contributed by atoms with E-state index in [2.05, 4.69) is 5.32 Å². The number of carbonyl (C=O) groups excluding carboxylic acids is 1. The third-order valence-corrected chi connectivity index (χ3v) is 4.19. The van der Waals surface area contributed by atoms with Crippen LogP contribution in [0.5, 0.6) is 5.75 Å². The SMILES string of the molecule is COCCNC(=O)[C@H](C)Oc1ccc(N(C)S(C)(=O)=O)cc1. The second kappa shape index (κ2) is 8.00. The molecule has 1 aromatic carbocycles. The van der Waals surface area contributed by atoms with Crippen molar-refractivity contribution in [3.63, 3.8) is 0 Å². The Morgan fingerprint density at radius 3 is 2.41 bits per heavy atom. The molecule has 1 aromatic rings. The lowest BCUT2D eigenvalue weighted by molar-refractivity contribution is -0.127. The predicted molar refractivity (Wildman–Crippen MR) is 84.7 cm³/mol. The molecule has 124 valence electrons. The number of carbonyl (C=O) groups is 1. The molecule has 0 aliphatic heterocycles. The van der Waals surface area contributed by atoms with Crippen LogP contribution in [0.1, 0.15) is 6.92 Å². The molecule has 0 unspecified atom stereocenters. The van der Waals surface area contributed by atoms with Gasteiger partial charge in [0.1, 0.15) is 5.75 Å². The molecular formula is C14H22N2O5S. The maximum atomic E-state index is 11.7. The molecule has 7 nitrogen and oxygen atoms in total. The van der Waals surface area contributed by atoms with Crippen molar-refractivity contribution in [2.24, 2.45) is 0 Å². The van der Waals surface area contributed by atoms with Crippen LogP contribution < -0.4 is 14.4 Å². The van der Waals surface area contributed by atoms with E-state index < -0.39 is 16.1 Å². The Bertz CT molecular complexity index is 586. The summed E-state index contributed by atoms with van der Waals surface area (Å²) in [6, 6.07) is 6.48. The van der Waals surface area contributed by atoms with E-state index in [-0.39, 0.29) is 5.91 Å². The number of amides is 1. The van der Waals surface area contributed by atoms with Gasteiger partial charge in [-0.3, -0.25) is 9.10 Å². The number of nitrogens with zero attached hydrogens (tertiary/aromatic N) is 1. The van der Waals surface area contributed by atoms with Gasteiger partial charge in [-0.2, -0.15) is 0 Å². The fourth-order valence-corrected chi connectivity index (χ4v) is 2.11. The monoisotopic (exact) mass is 330 g/mol. The van der Waals surface area contributed by atoms with Crippen LogP contribution in [-0.2, 0) is 19.6 Å². The molecule has 22 heavy (non-hydrogen) atoms. The lowest BCUT2D eigenvalue weighted by Gasteiger charge is -2.18. The van der Waals surface area contributed by atoms with Gasteiger partial charge < -0.3 is 14.8 Å². The fraction of sp³-hybridized carbons (Fsp3) is 0.500. The molecule has 0 bridgehead atoms. The molecule has 8 heteroatoms. The van der Waals surface area contributed by atoms with E-state index in [1.54, 1.807) is 38.3 Å². The van der Waals surface area contributed by atoms with Gasteiger partial charge in [0.05, 0.1) is 18.6 Å². The third-order valence-electron chi connectivity index (χ3n) is 2.99. The topological polar surface area (TPSA) is 84.9 Å². The van der Waals surface area contributed by atoms with Gasteiger partial charge in [0.25, 0.3) is 5.91 Å². The highest BCUT2D eigenvalue weighted by Crippen LogP contribution is 2.20. The van der Waals surface area contributed by atoms with Crippen LogP contribution in [0.2, 0.25) is 0 Å². The van der Waals surface area contributed by atoms with Crippen LogP contribution in [0.4, 0.5) is 5.69 Å². The molecular weight excluding hydrogens is 308 g/mol. The standard InChI is InChI=1S/C14H22N2O5S/c1-11(14(17)15-9-10-20-3)21-13-7-5-12(6-8-13)16(2)22(4,18)19/h5-8,11H,9-10H2,1-4H3,(H,15,17)/t11-/m0/s1. The summed E-state index contributed by atoms with van der Waals surface area (Å²) in [6.07, 6.45) is 0.472. The van der Waals surface area contributed by atoms with Crippen LogP contribution in [-0.4, -0.2) is 54.0 Å². The molecule has 1 rings (SSSR count). The normalized spacial score (nSPS) is 12.5. The van der Waals surface area contributed by atoms with Crippen molar-refractivity contribution in [1.29, 1.82) is 0 Å². The molecule has 0 fully saturated rings. The number of nitrogens with one attached hydrogen (secondary N) is 1. The molecule has 1 atom stereocenters. The van der Waals surface area contributed by atoms with Crippen molar-refractivity contribution in [2.45, 2.75) is 13.0 Å². The number of anilines is 1. The molecule has 0 saturated heterocycles. The largest absolute Gasteiger partial charge is 0.481 e. The number of rotatable bonds is 8. The second-order valence-electron chi connectivity index (χ2n) is 4.77. The van der Waals surface area contributed by atoms with Crippen molar-refractivity contribution < 1.29 is 22.7 Å². The van der Waals surface area contributed by atoms with Crippen molar-refractivity contribution in [1.82, 2.24) is 5.32 Å². The maximum Gasteiger partial charge on any atom is 0.260 e. The number of sulfonamides is 1. The summed E-state index contributed by atoms with van der Waals surface area (Å²) >= 11 is 0. The Kier molecular flexibility index (Phi) is 6.63. The van der Waals surface area contributed by atoms with Crippen LogP contribution in [0.25, 0.3) is 0 Å². The molecule has 0 saturated carbocycles. The van der Waals surface area contributed by atoms with E-state index in [9.17, 15) is 13.2 Å². The van der Waals surface area contributed by atoms with Gasteiger partial charge in [-0.25, -0.2) is 8.42 Å². The molecule has 0 aliphatic rings. The maximum absolute atomic E-state index is 11.7. The Labute approximate surface area is 131 Å². The first kappa shape index (κ1) is 18.2. The summed E-state index contributed by atoms with van der Waals surface area (Å²) in [5.41, 5.74) is 0.520. The van der Waals surface area contributed by atoms with Gasteiger partial charge in [-0.1, -0.05) is 0 Å². The number of hydrogen-bond acceptors (Lipinski definition) is 5. The first-order valence-corrected chi connectivity index (χ1v) is 8.58. The lowest BCUT2D eigenvalue weighted by Crippen LogP contribution is -2.37. The molecule has 0 aromatic heterocycles. The zero-order valence-electron chi connectivity index (χ0n) is 13.2. The van der Waals surface area contributed by atoms with E-state index in [1.807, 2.05) is 0 Å². The Balaban J connectivity index is 2.62. The quantitative estimate of drug-likeness (QED) is 0.706. The number of hydrogen-bond donors (Lipinski definition) is 1. The first-order chi connectivity index (χ1) is 10.3. The molecule has 1 amide bonds. The minimum absolute atomic E-state index is 0.241. The minimum Gasteiger partial charge on any atom is -0.481 e. The van der Waals surface area contributed by atoms with Gasteiger partial charge in [-0.15, -0.1) is 0 Å². The van der Waals surface area contributed by atoms with Crippen molar-refractivity contribution in [2.75, 3.05) is 37.9 Å². The summed E-state index contributed by atoms with van der Waals surface area (Å²) in [4.78, 5) is 11.7. The average Bonchev–Trinajstić information content (AvgIpc) is 2.46. The van der Waals surface area contributed by atoms with Gasteiger partial charge in [-0.05, 0) is 31.2 Å². The summed E-state index contributed by atoms with van der Waals surface area (Å²) < 4.78 is 34.4. The number of ether oxygens (including phenoxy) is 2. The predicted octanol–water partition coefficient (Wildman–Crippen LogP) is 0.612. The average molecular weight is 330 g/mol. The molecule has 0 radical (unpaired) electrons. The summed E-state index contributed by atoms with van der Waals surface area (Å²) in [5.74, 6) is 0.245. The Hall–Kier alpha value is -1.80. The van der Waals surface area contributed by atoms with Crippen LogP contribution in [0, 0.1) is 0 Å². The molecule has 0 spiro atoms. The van der Waals surface area contributed by atoms with E-state index in [1.165, 1.54) is 7.05 Å².